The molecule has 0 aromatic carbocycles. The van der Waals surface area contributed by atoms with Crippen LogP contribution in [0.1, 0.15) is 6.92 Å². The van der Waals surface area contributed by atoms with Crippen LogP contribution in [0.15, 0.2) is 6.33 Å². The summed E-state index contributed by atoms with van der Waals surface area (Å²) in [5.74, 6) is -0.448. The number of nitro groups is 1. The van der Waals surface area contributed by atoms with Gasteiger partial charge in [-0.15, -0.1) is 0 Å². The number of aliphatic hydroxyl groups excluding tert-OH is 1. The highest BCUT2D eigenvalue weighted by atomic mass is 16.6. The van der Waals surface area contributed by atoms with Crippen molar-refractivity contribution in [3.05, 3.63) is 16.4 Å². The Kier molecular flexibility index (Phi) is 2.34. The molecule has 7 nitrogen and oxygen atoms in total. The van der Waals surface area contributed by atoms with Crippen LogP contribution in [-0.2, 0) is 6.54 Å². The number of hydrogen-bond donors (Lipinski definition) is 1. The maximum atomic E-state index is 10.1. The van der Waals surface area contributed by atoms with E-state index in [4.69, 9.17) is 5.11 Å². The van der Waals surface area contributed by atoms with Crippen LogP contribution >= 0.6 is 0 Å². The normalized spacial score (nSPS) is 12.8. The number of aliphatic hydroxyl groups is 1. The first-order valence-electron chi connectivity index (χ1n) is 3.31. The molecule has 12 heavy (non-hydrogen) atoms. The first-order valence-corrected chi connectivity index (χ1v) is 3.31. The van der Waals surface area contributed by atoms with Gasteiger partial charge in [-0.25, -0.2) is 0 Å². The summed E-state index contributed by atoms with van der Waals surface area (Å²) in [6.45, 7) is 1.77. The molecule has 1 atom stereocenters. The highest BCUT2D eigenvalue weighted by Crippen LogP contribution is 1.99. The van der Waals surface area contributed by atoms with E-state index in [2.05, 4.69) is 10.1 Å². The summed E-state index contributed by atoms with van der Waals surface area (Å²) in [7, 11) is 0. The summed E-state index contributed by atoms with van der Waals surface area (Å²) in [4.78, 5) is 12.8. The van der Waals surface area contributed by atoms with E-state index in [9.17, 15) is 10.1 Å². The van der Waals surface area contributed by atoms with Crippen molar-refractivity contribution in [1.29, 1.82) is 0 Å². The third-order valence-electron chi connectivity index (χ3n) is 1.14. The van der Waals surface area contributed by atoms with Crippen LogP contribution in [0, 0.1) is 10.1 Å². The van der Waals surface area contributed by atoms with Gasteiger partial charge < -0.3 is 15.2 Å². The summed E-state index contributed by atoms with van der Waals surface area (Å²) >= 11 is 0. The minimum absolute atomic E-state index is 0.209. The highest BCUT2D eigenvalue weighted by Gasteiger charge is 2.13. The van der Waals surface area contributed by atoms with Crippen LogP contribution in [0.2, 0.25) is 0 Å². The zero-order valence-electron chi connectivity index (χ0n) is 6.41. The van der Waals surface area contributed by atoms with Crippen molar-refractivity contribution >= 4 is 5.95 Å². The summed E-state index contributed by atoms with van der Waals surface area (Å²) in [6, 6.07) is 0. The van der Waals surface area contributed by atoms with E-state index in [-0.39, 0.29) is 6.54 Å². The van der Waals surface area contributed by atoms with E-state index in [1.807, 2.05) is 0 Å². The van der Waals surface area contributed by atoms with Gasteiger partial charge in [0.1, 0.15) is 0 Å². The maximum Gasteiger partial charge on any atom is 0.490 e. The molecule has 0 aliphatic rings. The topological polar surface area (TPSA) is 94.1 Å². The molecule has 66 valence electrons. The first-order chi connectivity index (χ1) is 5.59. The van der Waals surface area contributed by atoms with Crippen LogP contribution in [0.5, 0.6) is 0 Å². The average molecular weight is 172 g/mol. The second-order valence-electron chi connectivity index (χ2n) is 2.37. The first kappa shape index (κ1) is 8.60. The van der Waals surface area contributed by atoms with Gasteiger partial charge in [-0.3, -0.25) is 0 Å². The van der Waals surface area contributed by atoms with E-state index in [0.29, 0.717) is 0 Å². The lowest BCUT2D eigenvalue weighted by Crippen LogP contribution is -2.12. The average Bonchev–Trinajstić information content (AvgIpc) is 2.34. The quantitative estimate of drug-likeness (QED) is 0.493. The largest absolute Gasteiger partial charge is 0.490 e. The van der Waals surface area contributed by atoms with E-state index < -0.39 is 17.0 Å². The van der Waals surface area contributed by atoms with E-state index in [0.717, 1.165) is 0 Å². The third-order valence-corrected chi connectivity index (χ3v) is 1.14. The van der Waals surface area contributed by atoms with Crippen molar-refractivity contribution in [2.24, 2.45) is 0 Å². The van der Waals surface area contributed by atoms with Crippen molar-refractivity contribution < 1.29 is 10.0 Å². The molecule has 0 fully saturated rings. The predicted molar refractivity (Wildman–Crippen MR) is 38.4 cm³/mol. The summed E-state index contributed by atoms with van der Waals surface area (Å²) < 4.78 is 1.23. The zero-order chi connectivity index (χ0) is 9.14. The van der Waals surface area contributed by atoms with Crippen molar-refractivity contribution in [2.45, 2.75) is 19.6 Å². The lowest BCUT2D eigenvalue weighted by molar-refractivity contribution is -0.394. The molecule has 0 saturated carbocycles. The van der Waals surface area contributed by atoms with Crippen LogP contribution in [0.25, 0.3) is 0 Å². The molecule has 0 saturated heterocycles. The molecule has 0 spiro atoms. The molecule has 1 N–H and O–H groups in total. The minimum Gasteiger partial charge on any atom is -0.391 e. The van der Waals surface area contributed by atoms with Gasteiger partial charge in [0, 0.05) is 5.10 Å². The Morgan fingerprint density at radius 2 is 2.58 bits per heavy atom. The Balaban J connectivity index is 2.71. The van der Waals surface area contributed by atoms with Gasteiger partial charge in [-0.05, 0) is 11.8 Å². The van der Waals surface area contributed by atoms with Crippen molar-refractivity contribution in [3.8, 4) is 0 Å². The van der Waals surface area contributed by atoms with Crippen LogP contribution < -0.4 is 0 Å². The number of rotatable bonds is 3. The molecular weight excluding hydrogens is 164 g/mol. The summed E-state index contributed by atoms with van der Waals surface area (Å²) in [5.41, 5.74) is 0. The van der Waals surface area contributed by atoms with Gasteiger partial charge in [0.2, 0.25) is 6.33 Å². The Hall–Kier alpha value is -1.50. The number of aromatic nitrogens is 3. The second-order valence-corrected chi connectivity index (χ2v) is 2.37. The van der Waals surface area contributed by atoms with Gasteiger partial charge in [0.15, 0.2) is 0 Å². The van der Waals surface area contributed by atoms with Gasteiger partial charge >= 0.3 is 5.95 Å². The standard InChI is InChI=1S/C5H8N4O3/c1-4(10)2-8-3-6-5(7-8)9(11)12/h3-4,10H,2H2,1H3. The molecule has 0 bridgehead atoms. The molecule has 0 radical (unpaired) electrons. The molecule has 7 heteroatoms. The molecular formula is C5H8N4O3. The van der Waals surface area contributed by atoms with Crippen molar-refractivity contribution in [2.75, 3.05) is 0 Å². The third kappa shape index (κ3) is 1.99. The summed E-state index contributed by atoms with van der Waals surface area (Å²) in [5, 5.41) is 22.5. The smallest absolute Gasteiger partial charge is 0.391 e. The number of hydrogen-bond acceptors (Lipinski definition) is 5. The minimum atomic E-state index is -0.682. The Bertz CT molecular complexity index is 282. The zero-order valence-corrected chi connectivity index (χ0v) is 6.41. The van der Waals surface area contributed by atoms with E-state index in [1.54, 1.807) is 6.92 Å². The molecule has 1 unspecified atom stereocenters. The van der Waals surface area contributed by atoms with Gasteiger partial charge in [-0.2, -0.15) is 4.68 Å². The van der Waals surface area contributed by atoms with Crippen LogP contribution in [0.4, 0.5) is 5.95 Å². The fourth-order valence-electron chi connectivity index (χ4n) is 0.727. The van der Waals surface area contributed by atoms with Gasteiger partial charge in [0.05, 0.1) is 12.6 Å². The molecule has 0 amide bonds. The van der Waals surface area contributed by atoms with Crippen molar-refractivity contribution in [3.63, 3.8) is 0 Å². The lowest BCUT2D eigenvalue weighted by atomic mass is 10.4. The predicted octanol–water partition coefficient (Wildman–Crippen LogP) is -0.433. The fourth-order valence-corrected chi connectivity index (χ4v) is 0.727. The van der Waals surface area contributed by atoms with Gasteiger partial charge in [-0.1, -0.05) is 4.98 Å². The van der Waals surface area contributed by atoms with E-state index >= 15 is 0 Å². The Morgan fingerprint density at radius 3 is 3.00 bits per heavy atom. The van der Waals surface area contributed by atoms with E-state index in [1.165, 1.54) is 11.0 Å². The van der Waals surface area contributed by atoms with Crippen molar-refractivity contribution in [1.82, 2.24) is 14.8 Å². The molecule has 1 aromatic rings. The Morgan fingerprint density at radius 1 is 1.92 bits per heavy atom. The molecule has 0 aliphatic carbocycles. The van der Waals surface area contributed by atoms with Crippen LogP contribution in [-0.4, -0.2) is 30.9 Å². The lowest BCUT2D eigenvalue weighted by Gasteiger charge is -1.97. The Labute approximate surface area is 67.8 Å². The molecule has 0 aliphatic heterocycles. The SMILES string of the molecule is CC(O)Cn1cnc([N+](=O)[O-])n1. The molecule has 1 rings (SSSR count). The molecule has 1 heterocycles. The highest BCUT2D eigenvalue weighted by molar-refractivity contribution is 4.96. The maximum absolute atomic E-state index is 10.1. The monoisotopic (exact) mass is 172 g/mol. The fraction of sp³-hybridized carbons (Fsp3) is 0.600. The molecule has 1 aromatic heterocycles. The van der Waals surface area contributed by atoms with Gasteiger partial charge in [0.25, 0.3) is 0 Å². The van der Waals surface area contributed by atoms with Crippen LogP contribution in [0.3, 0.4) is 0 Å². The number of nitrogens with zero attached hydrogens (tertiary/aromatic N) is 4. The second kappa shape index (κ2) is 3.26. The summed E-state index contributed by atoms with van der Waals surface area (Å²) in [6.07, 6.45) is 0.622.